The Morgan fingerprint density at radius 1 is 1.67 bits per heavy atom. The molecular weight excluding hydrogens is 212 g/mol. The topological polar surface area (TPSA) is 41.3 Å². The van der Waals surface area contributed by atoms with Crippen molar-refractivity contribution in [3.63, 3.8) is 0 Å². The number of carbonyl (C=O) groups excluding carboxylic acids is 1. The fraction of sp³-hybridized carbons (Fsp3) is 0.700. The number of amides is 1. The molecule has 5 heteroatoms. The van der Waals surface area contributed by atoms with Crippen LogP contribution in [0.3, 0.4) is 0 Å². The van der Waals surface area contributed by atoms with E-state index in [0.717, 1.165) is 31.7 Å². The second-order valence-corrected chi connectivity index (χ2v) is 4.31. The van der Waals surface area contributed by atoms with Crippen molar-refractivity contribution in [2.75, 3.05) is 13.2 Å². The van der Waals surface area contributed by atoms with Gasteiger partial charge in [-0.15, -0.1) is 0 Å². The molecule has 86 valence electrons. The molecule has 1 fully saturated rings. The Bertz CT molecular complexity index is 246. The zero-order chi connectivity index (χ0) is 11.3. The van der Waals surface area contributed by atoms with Gasteiger partial charge in [0, 0.05) is 12.2 Å². The third-order valence-corrected chi connectivity index (χ3v) is 2.90. The number of nitrogens with one attached hydrogen (secondary N) is 1. The second-order valence-electron chi connectivity index (χ2n) is 3.46. The van der Waals surface area contributed by atoms with Crippen LogP contribution in [-0.2, 0) is 8.98 Å². The van der Waals surface area contributed by atoms with E-state index in [1.165, 1.54) is 12.2 Å². The van der Waals surface area contributed by atoms with Gasteiger partial charge in [0.2, 0.25) is 5.91 Å². The minimum atomic E-state index is -0.0462. The van der Waals surface area contributed by atoms with E-state index < -0.39 is 0 Å². The summed E-state index contributed by atoms with van der Waals surface area (Å²) in [5.74, 6) is 0.0226. The van der Waals surface area contributed by atoms with E-state index in [0.29, 0.717) is 0 Å². The molecule has 15 heavy (non-hydrogen) atoms. The van der Waals surface area contributed by atoms with Gasteiger partial charge in [-0.2, -0.15) is 0 Å². The number of rotatable bonds is 7. The molecule has 1 N–H and O–H groups in total. The average Bonchev–Trinajstić information content (AvgIpc) is 2.97. The summed E-state index contributed by atoms with van der Waals surface area (Å²) >= 11 is 1.28. The quantitative estimate of drug-likeness (QED) is 0.313. The van der Waals surface area contributed by atoms with Crippen LogP contribution in [-0.4, -0.2) is 29.4 Å². The average molecular weight is 230 g/mol. The van der Waals surface area contributed by atoms with Gasteiger partial charge in [0.05, 0.1) is 18.8 Å². The molecule has 1 saturated heterocycles. The summed E-state index contributed by atoms with van der Waals surface area (Å²) < 4.78 is 7.17. The molecule has 0 spiro atoms. The minimum absolute atomic E-state index is 0.0226. The van der Waals surface area contributed by atoms with Gasteiger partial charge >= 0.3 is 0 Å². The summed E-state index contributed by atoms with van der Waals surface area (Å²) in [6.07, 6.45) is 1.77. The Hall–Kier alpha value is -0.520. The normalized spacial score (nSPS) is 23.6. The van der Waals surface area contributed by atoms with Crippen molar-refractivity contribution >= 4 is 18.1 Å². The van der Waals surface area contributed by atoms with Gasteiger partial charge in [0.25, 0.3) is 0 Å². The van der Waals surface area contributed by atoms with Crippen LogP contribution in [0.1, 0.15) is 26.7 Å². The Morgan fingerprint density at radius 3 is 3.00 bits per heavy atom. The summed E-state index contributed by atoms with van der Waals surface area (Å²) in [7, 11) is 0. The molecule has 0 radical (unpaired) electrons. The lowest BCUT2D eigenvalue weighted by atomic mass is 10.3. The highest BCUT2D eigenvalue weighted by Gasteiger charge is 2.41. The summed E-state index contributed by atoms with van der Waals surface area (Å²) in [6.45, 7) is 9.23. The van der Waals surface area contributed by atoms with E-state index in [1.54, 1.807) is 0 Å². The van der Waals surface area contributed by atoms with Crippen molar-refractivity contribution in [3.8, 4) is 0 Å². The summed E-state index contributed by atoms with van der Waals surface area (Å²) in [5.41, 5.74) is 0.770. The largest absolute Gasteiger partial charge is 0.329 e. The highest BCUT2D eigenvalue weighted by atomic mass is 32.2. The minimum Gasteiger partial charge on any atom is -0.329 e. The van der Waals surface area contributed by atoms with Crippen LogP contribution in [0.15, 0.2) is 12.3 Å². The summed E-state index contributed by atoms with van der Waals surface area (Å²) in [6, 6.07) is -0.0462. The second kappa shape index (κ2) is 6.15. The van der Waals surface area contributed by atoms with Crippen LogP contribution in [0.4, 0.5) is 0 Å². The summed E-state index contributed by atoms with van der Waals surface area (Å²) in [4.78, 5) is 11.5. The molecule has 0 saturated carbocycles. The summed E-state index contributed by atoms with van der Waals surface area (Å²) in [5, 5.41) is 2.77. The molecule has 1 aliphatic heterocycles. The van der Waals surface area contributed by atoms with Crippen molar-refractivity contribution in [1.82, 2.24) is 9.62 Å². The lowest BCUT2D eigenvalue weighted by Gasteiger charge is -2.05. The SMILES string of the molecule is C=C(CC)NC(=O)C1CN1SOCCC. The van der Waals surface area contributed by atoms with Crippen LogP contribution >= 0.6 is 12.2 Å². The third kappa shape index (κ3) is 4.24. The molecule has 1 rings (SSSR count). The van der Waals surface area contributed by atoms with Crippen LogP contribution < -0.4 is 5.32 Å². The molecule has 0 aliphatic carbocycles. The van der Waals surface area contributed by atoms with Gasteiger partial charge in [-0.25, -0.2) is 4.31 Å². The maximum Gasteiger partial charge on any atom is 0.243 e. The molecule has 0 aromatic rings. The number of allylic oxidation sites excluding steroid dienone is 1. The van der Waals surface area contributed by atoms with Crippen molar-refractivity contribution in [2.45, 2.75) is 32.7 Å². The van der Waals surface area contributed by atoms with Gasteiger partial charge in [0.15, 0.2) is 0 Å². The number of nitrogens with zero attached hydrogens (tertiary/aromatic N) is 1. The van der Waals surface area contributed by atoms with Gasteiger partial charge < -0.3 is 9.50 Å². The van der Waals surface area contributed by atoms with Crippen molar-refractivity contribution in [1.29, 1.82) is 0 Å². The first-order chi connectivity index (χ1) is 7.19. The van der Waals surface area contributed by atoms with Crippen molar-refractivity contribution < 1.29 is 8.98 Å². The molecule has 1 aliphatic rings. The Morgan fingerprint density at radius 2 is 2.40 bits per heavy atom. The van der Waals surface area contributed by atoms with Gasteiger partial charge in [0.1, 0.15) is 6.04 Å². The first kappa shape index (κ1) is 12.5. The third-order valence-electron chi connectivity index (χ3n) is 2.03. The molecule has 4 nitrogen and oxygen atoms in total. The first-order valence-corrected chi connectivity index (χ1v) is 5.93. The van der Waals surface area contributed by atoms with Crippen molar-refractivity contribution in [2.24, 2.45) is 0 Å². The van der Waals surface area contributed by atoms with E-state index in [-0.39, 0.29) is 11.9 Å². The molecule has 0 aromatic heterocycles. The van der Waals surface area contributed by atoms with E-state index in [2.05, 4.69) is 18.8 Å². The molecule has 1 amide bonds. The maximum absolute atomic E-state index is 11.5. The van der Waals surface area contributed by atoms with Crippen LogP contribution in [0.5, 0.6) is 0 Å². The van der Waals surface area contributed by atoms with Gasteiger partial charge in [-0.3, -0.25) is 4.79 Å². The smallest absolute Gasteiger partial charge is 0.243 e. The number of carbonyl (C=O) groups is 1. The lowest BCUT2D eigenvalue weighted by molar-refractivity contribution is -0.120. The van der Waals surface area contributed by atoms with Crippen LogP contribution in [0.25, 0.3) is 0 Å². The monoisotopic (exact) mass is 230 g/mol. The molecule has 2 atom stereocenters. The maximum atomic E-state index is 11.5. The fourth-order valence-electron chi connectivity index (χ4n) is 0.954. The predicted molar refractivity (Wildman–Crippen MR) is 61.9 cm³/mol. The molecule has 2 unspecified atom stereocenters. The lowest BCUT2D eigenvalue weighted by Crippen LogP contribution is -2.28. The van der Waals surface area contributed by atoms with E-state index in [1.807, 2.05) is 11.2 Å². The fourth-order valence-corrected chi connectivity index (χ4v) is 1.73. The molecule has 0 aromatic carbocycles. The van der Waals surface area contributed by atoms with E-state index in [4.69, 9.17) is 4.18 Å². The number of hydrogen-bond donors (Lipinski definition) is 1. The Labute approximate surface area is 95.4 Å². The molecule has 0 bridgehead atoms. The molecular formula is C10H18N2O2S. The standard InChI is InChI=1S/C10H18N2O2S/c1-4-6-14-15-12-7-9(12)10(13)11-8(3)5-2/h9H,3-7H2,1-2H3,(H,11,13). The van der Waals surface area contributed by atoms with Crippen molar-refractivity contribution in [3.05, 3.63) is 12.3 Å². The van der Waals surface area contributed by atoms with Crippen LogP contribution in [0, 0.1) is 0 Å². The van der Waals surface area contributed by atoms with E-state index in [9.17, 15) is 4.79 Å². The highest BCUT2D eigenvalue weighted by molar-refractivity contribution is 7.92. The number of hydrogen-bond acceptors (Lipinski definition) is 4. The highest BCUT2D eigenvalue weighted by Crippen LogP contribution is 2.28. The first-order valence-electron chi connectivity index (χ1n) is 5.23. The Kier molecular flexibility index (Phi) is 5.14. The molecule has 1 heterocycles. The zero-order valence-corrected chi connectivity index (χ0v) is 10.1. The van der Waals surface area contributed by atoms with Gasteiger partial charge in [-0.05, 0) is 12.8 Å². The Balaban J connectivity index is 2.14. The predicted octanol–water partition coefficient (Wildman–Crippen LogP) is 1.70. The van der Waals surface area contributed by atoms with E-state index >= 15 is 0 Å². The van der Waals surface area contributed by atoms with Crippen LogP contribution in [0.2, 0.25) is 0 Å². The van der Waals surface area contributed by atoms with Gasteiger partial charge in [-0.1, -0.05) is 20.4 Å². The zero-order valence-electron chi connectivity index (χ0n) is 9.28.